The second kappa shape index (κ2) is 8.19. The molecular formula is C20H25FN2O3S. The van der Waals surface area contributed by atoms with Crippen molar-refractivity contribution in [3.63, 3.8) is 0 Å². The Morgan fingerprint density at radius 1 is 1.11 bits per heavy atom. The third-order valence-corrected chi connectivity index (χ3v) is 5.56. The highest BCUT2D eigenvalue weighted by molar-refractivity contribution is 7.89. The summed E-state index contributed by atoms with van der Waals surface area (Å²) in [6.07, 6.45) is 0. The predicted octanol–water partition coefficient (Wildman–Crippen LogP) is 3.56. The third-order valence-electron chi connectivity index (χ3n) is 3.78. The molecule has 0 aliphatic carbocycles. The van der Waals surface area contributed by atoms with Crippen molar-refractivity contribution < 1.29 is 17.6 Å². The molecule has 0 heterocycles. The Balaban J connectivity index is 2.18. The third kappa shape index (κ3) is 5.87. The maximum Gasteiger partial charge on any atom is 0.254 e. The minimum absolute atomic E-state index is 0.0992. The average Bonchev–Trinajstić information content (AvgIpc) is 2.57. The van der Waals surface area contributed by atoms with Crippen molar-refractivity contribution in [2.24, 2.45) is 0 Å². The SMILES string of the molecule is CCN(Cc1cccc(F)c1)C(=O)c1ccc(S(=O)(=O)NC(C)(C)C)cc1. The first-order valence-corrected chi connectivity index (χ1v) is 10.2. The predicted molar refractivity (Wildman–Crippen MR) is 103 cm³/mol. The van der Waals surface area contributed by atoms with Crippen LogP contribution in [0.15, 0.2) is 53.4 Å². The molecule has 0 unspecified atom stereocenters. The molecule has 2 aromatic rings. The second-order valence-corrected chi connectivity index (χ2v) is 9.01. The molecule has 0 aromatic heterocycles. The lowest BCUT2D eigenvalue weighted by molar-refractivity contribution is 0.0752. The molecule has 0 saturated carbocycles. The maximum absolute atomic E-state index is 13.4. The zero-order valence-corrected chi connectivity index (χ0v) is 16.8. The van der Waals surface area contributed by atoms with Gasteiger partial charge in [-0.15, -0.1) is 0 Å². The van der Waals surface area contributed by atoms with Gasteiger partial charge >= 0.3 is 0 Å². The van der Waals surface area contributed by atoms with Gasteiger partial charge in [0.1, 0.15) is 5.82 Å². The molecule has 0 spiro atoms. The number of halogens is 1. The molecule has 146 valence electrons. The largest absolute Gasteiger partial charge is 0.335 e. The van der Waals surface area contributed by atoms with Gasteiger partial charge in [0.15, 0.2) is 0 Å². The van der Waals surface area contributed by atoms with Crippen molar-refractivity contribution in [3.05, 3.63) is 65.5 Å². The van der Waals surface area contributed by atoms with Crippen LogP contribution >= 0.6 is 0 Å². The van der Waals surface area contributed by atoms with Gasteiger partial charge in [-0.2, -0.15) is 0 Å². The Hall–Kier alpha value is -2.25. The maximum atomic E-state index is 13.4. The molecule has 5 nitrogen and oxygen atoms in total. The number of rotatable bonds is 6. The van der Waals surface area contributed by atoms with E-state index in [1.165, 1.54) is 36.4 Å². The number of sulfonamides is 1. The smallest absolute Gasteiger partial charge is 0.254 e. The Bertz CT molecular complexity index is 904. The summed E-state index contributed by atoms with van der Waals surface area (Å²) in [4.78, 5) is 14.4. The molecule has 0 aliphatic rings. The Labute approximate surface area is 160 Å². The van der Waals surface area contributed by atoms with Gasteiger partial charge in [0.05, 0.1) is 4.90 Å². The van der Waals surface area contributed by atoms with Gasteiger partial charge in [0.2, 0.25) is 10.0 Å². The van der Waals surface area contributed by atoms with E-state index in [-0.39, 0.29) is 23.2 Å². The molecule has 2 rings (SSSR count). The van der Waals surface area contributed by atoms with Crippen LogP contribution in [0.3, 0.4) is 0 Å². The van der Waals surface area contributed by atoms with E-state index in [2.05, 4.69) is 4.72 Å². The van der Waals surface area contributed by atoms with Crippen LogP contribution in [0.2, 0.25) is 0 Å². The van der Waals surface area contributed by atoms with Crippen molar-refractivity contribution in [2.45, 2.75) is 44.7 Å². The fraction of sp³-hybridized carbons (Fsp3) is 0.350. The van der Waals surface area contributed by atoms with Gasteiger partial charge in [-0.3, -0.25) is 4.79 Å². The normalized spacial score (nSPS) is 12.0. The Kier molecular flexibility index (Phi) is 6.38. The summed E-state index contributed by atoms with van der Waals surface area (Å²) in [6.45, 7) is 7.83. The monoisotopic (exact) mass is 392 g/mol. The highest BCUT2D eigenvalue weighted by atomic mass is 32.2. The van der Waals surface area contributed by atoms with Crippen LogP contribution in [0, 0.1) is 5.82 Å². The highest BCUT2D eigenvalue weighted by Gasteiger charge is 2.22. The van der Waals surface area contributed by atoms with E-state index in [4.69, 9.17) is 0 Å². The molecule has 7 heteroatoms. The van der Waals surface area contributed by atoms with E-state index in [0.717, 1.165) is 0 Å². The Morgan fingerprint density at radius 2 is 1.74 bits per heavy atom. The van der Waals surface area contributed by atoms with Crippen molar-refractivity contribution in [1.82, 2.24) is 9.62 Å². The van der Waals surface area contributed by atoms with Gasteiger partial charge in [-0.1, -0.05) is 12.1 Å². The van der Waals surface area contributed by atoms with Crippen LogP contribution < -0.4 is 4.72 Å². The van der Waals surface area contributed by atoms with Gasteiger partial charge in [-0.25, -0.2) is 17.5 Å². The number of benzene rings is 2. The fourth-order valence-corrected chi connectivity index (χ4v) is 4.02. The minimum Gasteiger partial charge on any atom is -0.335 e. The first-order chi connectivity index (χ1) is 12.5. The lowest BCUT2D eigenvalue weighted by atomic mass is 10.1. The van der Waals surface area contributed by atoms with Crippen LogP contribution in [-0.2, 0) is 16.6 Å². The summed E-state index contributed by atoms with van der Waals surface area (Å²) in [5.41, 5.74) is 0.471. The van der Waals surface area contributed by atoms with Crippen molar-refractivity contribution in [1.29, 1.82) is 0 Å². The van der Waals surface area contributed by atoms with Gasteiger partial charge in [0.25, 0.3) is 5.91 Å². The lowest BCUT2D eigenvalue weighted by Crippen LogP contribution is -2.40. The zero-order valence-electron chi connectivity index (χ0n) is 16.0. The first-order valence-electron chi connectivity index (χ1n) is 8.69. The standard InChI is InChI=1S/C20H25FN2O3S/c1-5-23(14-15-7-6-8-17(21)13-15)19(24)16-9-11-18(12-10-16)27(25,26)22-20(2,3)4/h6-13,22H,5,14H2,1-4H3. The van der Waals surface area contributed by atoms with Crippen molar-refractivity contribution >= 4 is 15.9 Å². The van der Waals surface area contributed by atoms with Crippen LogP contribution in [0.1, 0.15) is 43.6 Å². The molecule has 0 fully saturated rings. The average molecular weight is 392 g/mol. The van der Waals surface area contributed by atoms with Crippen LogP contribution in [0.25, 0.3) is 0 Å². The van der Waals surface area contributed by atoms with Gasteiger partial charge in [-0.05, 0) is 69.7 Å². The van der Waals surface area contributed by atoms with E-state index in [1.54, 1.807) is 37.8 Å². The zero-order chi connectivity index (χ0) is 20.2. The quantitative estimate of drug-likeness (QED) is 0.817. The molecule has 1 N–H and O–H groups in total. The van der Waals surface area contributed by atoms with E-state index >= 15 is 0 Å². The van der Waals surface area contributed by atoms with Crippen LogP contribution in [0.5, 0.6) is 0 Å². The topological polar surface area (TPSA) is 66.5 Å². The summed E-state index contributed by atoms with van der Waals surface area (Å²) >= 11 is 0. The molecule has 0 saturated heterocycles. The van der Waals surface area contributed by atoms with Crippen molar-refractivity contribution in [2.75, 3.05) is 6.54 Å². The van der Waals surface area contributed by atoms with Gasteiger partial charge < -0.3 is 4.90 Å². The van der Waals surface area contributed by atoms with Gasteiger partial charge in [0, 0.05) is 24.2 Å². The lowest BCUT2D eigenvalue weighted by Gasteiger charge is -2.22. The Morgan fingerprint density at radius 3 is 2.26 bits per heavy atom. The number of amides is 1. The molecule has 0 atom stereocenters. The van der Waals surface area contributed by atoms with E-state index in [1.807, 2.05) is 6.92 Å². The summed E-state index contributed by atoms with van der Waals surface area (Å²) in [5.74, 6) is -0.591. The molecule has 0 radical (unpaired) electrons. The molecule has 0 bridgehead atoms. The van der Waals surface area contributed by atoms with Crippen LogP contribution in [0.4, 0.5) is 4.39 Å². The summed E-state index contributed by atoms with van der Waals surface area (Å²) in [6, 6.07) is 11.9. The van der Waals surface area contributed by atoms with Crippen LogP contribution in [-0.4, -0.2) is 31.3 Å². The highest BCUT2D eigenvalue weighted by Crippen LogP contribution is 2.16. The van der Waals surface area contributed by atoms with Crippen molar-refractivity contribution in [3.8, 4) is 0 Å². The molecule has 27 heavy (non-hydrogen) atoms. The minimum atomic E-state index is -3.66. The van der Waals surface area contributed by atoms with E-state index in [9.17, 15) is 17.6 Å². The summed E-state index contributed by atoms with van der Waals surface area (Å²) < 4.78 is 40.6. The second-order valence-electron chi connectivity index (χ2n) is 7.33. The molecular weight excluding hydrogens is 367 g/mol. The van der Waals surface area contributed by atoms with E-state index in [0.29, 0.717) is 17.7 Å². The number of nitrogens with zero attached hydrogens (tertiary/aromatic N) is 1. The van der Waals surface area contributed by atoms with E-state index < -0.39 is 15.6 Å². The molecule has 2 aromatic carbocycles. The number of hydrogen-bond acceptors (Lipinski definition) is 3. The summed E-state index contributed by atoms with van der Waals surface area (Å²) in [5, 5.41) is 0. The first kappa shape index (κ1) is 21.1. The molecule has 1 amide bonds. The number of hydrogen-bond donors (Lipinski definition) is 1. The summed E-state index contributed by atoms with van der Waals surface area (Å²) in [7, 11) is -3.66. The fourth-order valence-electron chi connectivity index (χ4n) is 2.60. The number of carbonyl (C=O) groups excluding carboxylic acids is 1. The molecule has 0 aliphatic heterocycles. The number of nitrogens with one attached hydrogen (secondary N) is 1. The number of carbonyl (C=O) groups is 1.